The fourth-order valence-electron chi connectivity index (χ4n) is 11.0. The number of hydrogen-bond acceptors (Lipinski definition) is 19. The Morgan fingerprint density at radius 3 is 2.38 bits per heavy atom. The van der Waals surface area contributed by atoms with Gasteiger partial charge in [-0.05, 0) is 98.1 Å². The minimum atomic E-state index is -3.84. The van der Waals surface area contributed by atoms with Crippen LogP contribution in [0.5, 0.6) is 5.75 Å². The molecule has 80 heavy (non-hydrogen) atoms. The fraction of sp³-hybridized carbons (Fsp3) is 0.518. The molecule has 4 atom stereocenters. The number of aromatic amines is 1. The quantitative estimate of drug-likeness (QED) is 0.0738. The number of nitrogens with one attached hydrogen (secondary N) is 3. The number of hydrogen-bond donors (Lipinski definition) is 3. The Labute approximate surface area is 470 Å². The molecule has 8 heterocycles. The van der Waals surface area contributed by atoms with E-state index in [1.54, 1.807) is 50.7 Å². The van der Waals surface area contributed by atoms with E-state index in [1.807, 2.05) is 23.6 Å². The van der Waals surface area contributed by atoms with Crippen molar-refractivity contribution in [1.29, 1.82) is 0 Å². The van der Waals surface area contributed by atoms with Crippen LogP contribution in [0.1, 0.15) is 103 Å². The number of H-pyrrole nitrogens is 1. The monoisotopic (exact) mass is 1130 g/mol. The van der Waals surface area contributed by atoms with E-state index in [-0.39, 0.29) is 59.0 Å². The lowest BCUT2D eigenvalue weighted by Crippen LogP contribution is -2.63. The van der Waals surface area contributed by atoms with Crippen LogP contribution < -0.4 is 20.3 Å². The predicted molar refractivity (Wildman–Crippen MR) is 304 cm³/mol. The summed E-state index contributed by atoms with van der Waals surface area (Å²) in [5, 5.41) is 17.2. The summed E-state index contributed by atoms with van der Waals surface area (Å²) in [6.45, 7) is 22.1. The maximum absolute atomic E-state index is 14.1. The molecule has 10 rings (SSSR count). The van der Waals surface area contributed by atoms with Gasteiger partial charge >= 0.3 is 0 Å². The summed E-state index contributed by atoms with van der Waals surface area (Å²) in [7, 11) is -3.84. The summed E-state index contributed by atoms with van der Waals surface area (Å²) in [6.07, 6.45) is 6.97. The molecular formula is C56H72FN15O6S2. The van der Waals surface area contributed by atoms with Crippen molar-refractivity contribution >= 4 is 67.3 Å². The first-order chi connectivity index (χ1) is 38.3. The first-order valence-electron chi connectivity index (χ1n) is 27.6. The second-order valence-electron chi connectivity index (χ2n) is 22.5. The molecule has 2 aromatic carbocycles. The number of carbonyl (C=O) groups is 3. The fourth-order valence-corrected chi connectivity index (χ4v) is 13.2. The Morgan fingerprint density at radius 1 is 0.900 bits per heavy atom. The molecule has 24 heteroatoms. The smallest absolute Gasteiger partial charge is 0.257 e. The van der Waals surface area contributed by atoms with Crippen LogP contribution in [-0.2, 0) is 14.6 Å². The molecule has 4 aromatic heterocycles. The predicted octanol–water partition coefficient (Wildman–Crippen LogP) is 5.67. The molecule has 3 N–H and O–H groups in total. The number of aryl methyl sites for hydroxylation is 1. The van der Waals surface area contributed by atoms with E-state index in [0.29, 0.717) is 111 Å². The number of halogens is 1. The lowest BCUT2D eigenvalue weighted by molar-refractivity contribution is -0.134. The Balaban J connectivity index is 0.681. The van der Waals surface area contributed by atoms with Crippen molar-refractivity contribution in [3.63, 3.8) is 0 Å². The average molecular weight is 1130 g/mol. The van der Waals surface area contributed by atoms with Gasteiger partial charge in [-0.1, -0.05) is 0 Å². The van der Waals surface area contributed by atoms with E-state index in [4.69, 9.17) is 4.74 Å². The van der Waals surface area contributed by atoms with E-state index in [9.17, 15) is 27.2 Å². The van der Waals surface area contributed by atoms with Gasteiger partial charge in [0, 0.05) is 143 Å². The van der Waals surface area contributed by atoms with Crippen LogP contribution in [0.4, 0.5) is 22.0 Å². The lowest BCUT2D eigenvalue weighted by atomic mass is 10.1. The molecule has 4 saturated heterocycles. The van der Waals surface area contributed by atoms with Gasteiger partial charge in [0.1, 0.15) is 39.3 Å². The number of piperazine rings is 3. The number of anilines is 3. The third kappa shape index (κ3) is 12.3. The SMILES string of the molecule is Cc1[nH]nc(Nc2ncnc3cc(OCCCN4CCN(C(=O)c5cnc(N6CCN(C[C@H]7CN[C@H](C)CN7CC(=O)N7CCCC7c7nc(C(=O)c8ccc(F)cc8)cs7)C(C)C6)nc5)CC4)c(S(=O)(=O)C(C)(C)C)cc23)c1C. The molecule has 0 saturated carbocycles. The summed E-state index contributed by atoms with van der Waals surface area (Å²) >= 11 is 1.39. The van der Waals surface area contributed by atoms with E-state index < -0.39 is 20.4 Å². The molecule has 6 aromatic rings. The van der Waals surface area contributed by atoms with Crippen molar-refractivity contribution in [2.75, 3.05) is 102 Å². The molecular weight excluding hydrogens is 1060 g/mol. The Kier molecular flexibility index (Phi) is 16.9. The summed E-state index contributed by atoms with van der Waals surface area (Å²) in [6, 6.07) is 9.08. The van der Waals surface area contributed by atoms with Crippen LogP contribution in [0.3, 0.4) is 0 Å². The van der Waals surface area contributed by atoms with Crippen molar-refractivity contribution in [3.8, 4) is 5.75 Å². The summed E-state index contributed by atoms with van der Waals surface area (Å²) in [5.74, 6) is 1.15. The topological polar surface area (TPSA) is 231 Å². The highest BCUT2D eigenvalue weighted by Crippen LogP contribution is 2.38. The van der Waals surface area contributed by atoms with Gasteiger partial charge in [-0.3, -0.25) is 34.2 Å². The zero-order valence-corrected chi connectivity index (χ0v) is 48.2. The number of amides is 2. The molecule has 4 aliphatic heterocycles. The number of fused-ring (bicyclic) bond motifs is 1. The Morgan fingerprint density at radius 2 is 1.66 bits per heavy atom. The zero-order chi connectivity index (χ0) is 56.5. The molecule has 21 nitrogen and oxygen atoms in total. The lowest BCUT2D eigenvalue weighted by Gasteiger charge is -2.45. The number of sulfone groups is 1. The number of ether oxygens (including phenoxy) is 1. The minimum absolute atomic E-state index is 0.0643. The highest BCUT2D eigenvalue weighted by Gasteiger charge is 2.38. The van der Waals surface area contributed by atoms with Crippen molar-refractivity contribution in [2.45, 2.75) is 102 Å². The number of nitrogens with zero attached hydrogens (tertiary/aromatic N) is 12. The number of rotatable bonds is 17. The summed E-state index contributed by atoms with van der Waals surface area (Å²) < 4.78 is 46.6. The Bertz CT molecular complexity index is 3310. The normalized spacial score (nSPS) is 20.9. The third-order valence-electron chi connectivity index (χ3n) is 16.0. The van der Waals surface area contributed by atoms with E-state index in [1.165, 1.54) is 41.9 Å². The van der Waals surface area contributed by atoms with Gasteiger partial charge in [-0.15, -0.1) is 11.3 Å². The third-order valence-corrected chi connectivity index (χ3v) is 19.4. The first kappa shape index (κ1) is 56.7. The van der Waals surface area contributed by atoms with Gasteiger partial charge in [-0.2, -0.15) is 5.10 Å². The van der Waals surface area contributed by atoms with Crippen LogP contribution in [0.2, 0.25) is 0 Å². The maximum Gasteiger partial charge on any atom is 0.257 e. The molecule has 2 amide bonds. The second-order valence-corrected chi connectivity index (χ2v) is 26.1. The number of benzene rings is 2. The Hall–Kier alpha value is -6.57. The summed E-state index contributed by atoms with van der Waals surface area (Å²) in [4.78, 5) is 77.0. The average Bonchev–Trinajstić information content (AvgIpc) is 4.27. The van der Waals surface area contributed by atoms with Crippen LogP contribution >= 0.6 is 11.3 Å². The molecule has 0 radical (unpaired) electrons. The van der Waals surface area contributed by atoms with Gasteiger partial charge in [0.15, 0.2) is 15.7 Å². The van der Waals surface area contributed by atoms with Crippen molar-refractivity contribution in [3.05, 3.63) is 99.4 Å². The maximum atomic E-state index is 14.1. The number of aromatic nitrogens is 7. The van der Waals surface area contributed by atoms with Gasteiger partial charge in [0.25, 0.3) is 5.91 Å². The molecule has 0 aliphatic carbocycles. The molecule has 0 spiro atoms. The van der Waals surface area contributed by atoms with Gasteiger partial charge in [0.05, 0.1) is 35.0 Å². The highest BCUT2D eigenvalue weighted by molar-refractivity contribution is 7.92. The van der Waals surface area contributed by atoms with Gasteiger partial charge in [-0.25, -0.2) is 37.7 Å². The number of carbonyl (C=O) groups excluding carboxylic acids is 3. The molecule has 4 aliphatic rings. The minimum Gasteiger partial charge on any atom is -0.492 e. The van der Waals surface area contributed by atoms with Crippen molar-refractivity contribution < 1.29 is 31.9 Å². The summed E-state index contributed by atoms with van der Waals surface area (Å²) in [5.41, 5.74) is 3.49. The van der Waals surface area contributed by atoms with Crippen LogP contribution in [0, 0.1) is 19.7 Å². The molecule has 2 unspecified atom stereocenters. The zero-order valence-electron chi connectivity index (χ0n) is 46.6. The van der Waals surface area contributed by atoms with E-state index in [2.05, 4.69) is 79.2 Å². The molecule has 4 fully saturated rings. The van der Waals surface area contributed by atoms with Crippen LogP contribution in [-0.4, -0.2) is 200 Å². The van der Waals surface area contributed by atoms with E-state index >= 15 is 0 Å². The molecule has 426 valence electrons. The van der Waals surface area contributed by atoms with Crippen molar-refractivity contribution in [2.24, 2.45) is 0 Å². The van der Waals surface area contributed by atoms with Crippen LogP contribution in [0.15, 0.2) is 65.4 Å². The molecule has 0 bridgehead atoms. The largest absolute Gasteiger partial charge is 0.492 e. The van der Waals surface area contributed by atoms with Crippen molar-refractivity contribution in [1.82, 2.24) is 64.9 Å². The standard InChI is InChI=1S/C56H72FN15O6S2/c1-35-29-71(32-49(73)72-16-8-10-46(72)53-63-45(33-79-53)50(74)39-11-13-41(57)14-12-39)42(28-58-35)31-69-21-22-70(30-36(69)2)55-59-26-40(27-60-55)54(75)68-19-17-67(18-20-68)15-9-23-78-47-25-44-43(24-48(47)80(76,77)56(5,6)7)52(62-34-61-44)64-51-37(3)38(4)65-66-51/h11-14,24-27,33-36,42,46,58H,8-10,15-23,28-32H2,1-7H3,(H2,61,62,64,65,66)/t35-,36?,42-,46?/m1/s1. The number of likely N-dealkylation sites (tertiary alicyclic amines) is 1. The highest BCUT2D eigenvalue weighted by atomic mass is 32.2. The van der Waals surface area contributed by atoms with Crippen LogP contribution in [0.25, 0.3) is 10.9 Å². The number of thiazole rings is 1. The first-order valence-corrected chi connectivity index (χ1v) is 30.0. The second kappa shape index (κ2) is 23.9. The number of ketones is 1. The van der Waals surface area contributed by atoms with Gasteiger partial charge < -0.3 is 30.1 Å². The van der Waals surface area contributed by atoms with E-state index in [0.717, 1.165) is 55.3 Å². The van der Waals surface area contributed by atoms with Gasteiger partial charge in [0.2, 0.25) is 17.6 Å².